The molecule has 1 heterocycles. The Morgan fingerprint density at radius 2 is 2.25 bits per heavy atom. The highest BCUT2D eigenvalue weighted by molar-refractivity contribution is 5.98. The van der Waals surface area contributed by atoms with Gasteiger partial charge in [0.15, 0.2) is 5.82 Å². The molecule has 1 aromatic carbocycles. The van der Waals surface area contributed by atoms with E-state index in [1.165, 1.54) is 0 Å². The summed E-state index contributed by atoms with van der Waals surface area (Å²) in [5, 5.41) is 25.5. The van der Waals surface area contributed by atoms with Gasteiger partial charge in [-0.05, 0) is 37.0 Å². The summed E-state index contributed by atoms with van der Waals surface area (Å²) >= 11 is 0. The van der Waals surface area contributed by atoms with E-state index < -0.39 is 5.91 Å². The zero-order valence-corrected chi connectivity index (χ0v) is 12.9. The van der Waals surface area contributed by atoms with Gasteiger partial charge in [-0.15, -0.1) is 0 Å². The Bertz CT molecular complexity index is 853. The van der Waals surface area contributed by atoms with Crippen molar-refractivity contribution in [3.05, 3.63) is 41.6 Å². The summed E-state index contributed by atoms with van der Waals surface area (Å²) in [7, 11) is 0. The van der Waals surface area contributed by atoms with E-state index in [1.54, 1.807) is 35.1 Å². The Labute approximate surface area is 139 Å². The second kappa shape index (κ2) is 6.43. The lowest BCUT2D eigenvalue weighted by atomic mass is 10.1. The third-order valence-electron chi connectivity index (χ3n) is 4.06. The molecule has 0 aliphatic heterocycles. The average Bonchev–Trinajstić information content (AvgIpc) is 3.33. The van der Waals surface area contributed by atoms with Crippen molar-refractivity contribution >= 4 is 17.4 Å². The third kappa shape index (κ3) is 3.21. The summed E-state index contributed by atoms with van der Waals surface area (Å²) in [6, 6.07) is 11.1. The topological polar surface area (TPSA) is 121 Å². The van der Waals surface area contributed by atoms with Gasteiger partial charge in [0.1, 0.15) is 5.56 Å². The maximum atomic E-state index is 11.7. The van der Waals surface area contributed by atoms with Gasteiger partial charge in [-0.1, -0.05) is 6.07 Å². The molecule has 0 saturated heterocycles. The summed E-state index contributed by atoms with van der Waals surface area (Å²) in [4.78, 5) is 11.7. The van der Waals surface area contributed by atoms with Crippen LogP contribution in [0.2, 0.25) is 0 Å². The maximum Gasteiger partial charge on any atom is 0.254 e. The van der Waals surface area contributed by atoms with Crippen molar-refractivity contribution in [2.24, 2.45) is 11.7 Å². The van der Waals surface area contributed by atoms with Crippen molar-refractivity contribution in [3.63, 3.8) is 0 Å². The number of hydrogen-bond acceptors (Lipinski definition) is 5. The lowest BCUT2D eigenvalue weighted by Crippen LogP contribution is -2.12. The van der Waals surface area contributed by atoms with Crippen LogP contribution in [0, 0.1) is 28.6 Å². The first-order valence-corrected chi connectivity index (χ1v) is 7.65. The molecule has 0 bridgehead atoms. The molecule has 24 heavy (non-hydrogen) atoms. The molecule has 1 unspecified atom stereocenters. The first kappa shape index (κ1) is 15.6. The van der Waals surface area contributed by atoms with Crippen molar-refractivity contribution in [2.45, 2.75) is 25.3 Å². The highest BCUT2D eigenvalue weighted by Gasteiger charge is 2.33. The molecule has 1 saturated carbocycles. The summed E-state index contributed by atoms with van der Waals surface area (Å²) in [5.41, 5.74) is 6.86. The molecule has 0 radical (unpaired) electrons. The monoisotopic (exact) mass is 320 g/mol. The minimum atomic E-state index is -0.591. The molecular weight excluding hydrogens is 304 g/mol. The van der Waals surface area contributed by atoms with Crippen molar-refractivity contribution in [1.29, 1.82) is 10.5 Å². The minimum Gasteiger partial charge on any atom is -0.365 e. The van der Waals surface area contributed by atoms with Crippen molar-refractivity contribution in [1.82, 2.24) is 9.78 Å². The van der Waals surface area contributed by atoms with Gasteiger partial charge >= 0.3 is 0 Å². The Hall–Kier alpha value is -3.32. The highest BCUT2D eigenvalue weighted by atomic mass is 16.1. The second-order valence-corrected chi connectivity index (χ2v) is 5.82. The number of amides is 1. The molecule has 120 valence electrons. The van der Waals surface area contributed by atoms with Gasteiger partial charge in [0.05, 0.1) is 30.2 Å². The predicted octanol–water partition coefficient (Wildman–Crippen LogP) is 2.46. The molecule has 1 atom stereocenters. The number of carbonyl (C=O) groups excluding carboxylic acids is 1. The lowest BCUT2D eigenvalue weighted by Gasteiger charge is -2.12. The fraction of sp³-hybridized carbons (Fsp3) is 0.294. The number of primary amides is 1. The third-order valence-corrected chi connectivity index (χ3v) is 4.06. The number of carbonyl (C=O) groups is 1. The number of nitriles is 2. The molecule has 1 amide bonds. The van der Waals surface area contributed by atoms with Crippen LogP contribution in [-0.2, 0) is 0 Å². The molecule has 7 heteroatoms. The fourth-order valence-electron chi connectivity index (χ4n) is 2.69. The van der Waals surface area contributed by atoms with E-state index in [4.69, 9.17) is 16.3 Å². The predicted molar refractivity (Wildman–Crippen MR) is 87.2 cm³/mol. The van der Waals surface area contributed by atoms with Crippen LogP contribution in [-0.4, -0.2) is 15.7 Å². The van der Waals surface area contributed by atoms with Crippen LogP contribution in [0.3, 0.4) is 0 Å². The van der Waals surface area contributed by atoms with E-state index >= 15 is 0 Å². The van der Waals surface area contributed by atoms with Gasteiger partial charge in [-0.2, -0.15) is 15.6 Å². The number of benzene rings is 1. The van der Waals surface area contributed by atoms with E-state index in [0.717, 1.165) is 12.8 Å². The first-order chi connectivity index (χ1) is 11.6. The van der Waals surface area contributed by atoms with Gasteiger partial charge in [0, 0.05) is 11.9 Å². The number of nitrogens with one attached hydrogen (secondary N) is 1. The molecule has 7 nitrogen and oxygen atoms in total. The minimum absolute atomic E-state index is 0.0471. The van der Waals surface area contributed by atoms with Gasteiger partial charge in [0.25, 0.3) is 5.91 Å². The highest BCUT2D eigenvalue weighted by Crippen LogP contribution is 2.41. The van der Waals surface area contributed by atoms with Crippen LogP contribution in [0.25, 0.3) is 0 Å². The molecule has 1 aromatic heterocycles. The first-order valence-electron chi connectivity index (χ1n) is 7.65. The van der Waals surface area contributed by atoms with Crippen LogP contribution in [0.4, 0.5) is 11.5 Å². The molecule has 0 spiro atoms. The smallest absolute Gasteiger partial charge is 0.254 e. The van der Waals surface area contributed by atoms with Gasteiger partial charge in [0.2, 0.25) is 0 Å². The van der Waals surface area contributed by atoms with Crippen molar-refractivity contribution < 1.29 is 4.79 Å². The molecule has 2 aromatic rings. The number of nitrogens with two attached hydrogens (primary N) is 1. The summed E-state index contributed by atoms with van der Waals surface area (Å²) in [6.45, 7) is 0. The van der Waals surface area contributed by atoms with Crippen molar-refractivity contribution in [2.75, 3.05) is 5.32 Å². The number of hydrogen-bond donors (Lipinski definition) is 2. The maximum absolute atomic E-state index is 11.7. The Balaban J connectivity index is 1.93. The van der Waals surface area contributed by atoms with Crippen molar-refractivity contribution in [3.8, 4) is 12.1 Å². The van der Waals surface area contributed by atoms with Gasteiger partial charge in [-0.3, -0.25) is 9.48 Å². The fourth-order valence-corrected chi connectivity index (χ4v) is 2.69. The Kier molecular flexibility index (Phi) is 4.17. The molecule has 3 N–H and O–H groups in total. The quantitative estimate of drug-likeness (QED) is 0.847. The van der Waals surface area contributed by atoms with Gasteiger partial charge < -0.3 is 11.1 Å². The summed E-state index contributed by atoms with van der Waals surface area (Å²) < 4.78 is 1.66. The van der Waals surface area contributed by atoms with Crippen LogP contribution in [0.15, 0.2) is 30.5 Å². The zero-order chi connectivity index (χ0) is 17.1. The number of anilines is 2. The number of rotatable bonds is 6. The Morgan fingerprint density at radius 3 is 2.88 bits per heavy atom. The molecular formula is C17H16N6O. The zero-order valence-electron chi connectivity index (χ0n) is 12.9. The van der Waals surface area contributed by atoms with Crippen LogP contribution in [0.5, 0.6) is 0 Å². The lowest BCUT2D eigenvalue weighted by molar-refractivity contribution is 0.100. The van der Waals surface area contributed by atoms with Crippen LogP contribution >= 0.6 is 0 Å². The van der Waals surface area contributed by atoms with E-state index in [2.05, 4.69) is 22.6 Å². The van der Waals surface area contributed by atoms with E-state index in [0.29, 0.717) is 29.4 Å². The SMILES string of the molecule is N#CCC(C1CC1)n1cc(C(N)=O)c(Nc2cccc(C#N)c2)n1. The molecule has 1 aliphatic carbocycles. The molecule has 3 rings (SSSR count). The average molecular weight is 320 g/mol. The standard InChI is InChI=1S/C17H16N6O/c18-7-6-15(12-4-5-12)23-10-14(16(20)24)17(22-23)21-13-3-1-2-11(8-13)9-19/h1-3,8,10,12,15H,4-6H2,(H2,20,24)(H,21,22). The number of aromatic nitrogens is 2. The van der Waals surface area contributed by atoms with Gasteiger partial charge in [-0.25, -0.2) is 0 Å². The summed E-state index contributed by atoms with van der Waals surface area (Å²) in [6.07, 6.45) is 4.06. The largest absolute Gasteiger partial charge is 0.365 e. The normalized spacial score (nSPS) is 14.4. The molecule has 1 aliphatic rings. The number of nitrogens with zero attached hydrogens (tertiary/aromatic N) is 4. The Morgan fingerprint density at radius 1 is 1.46 bits per heavy atom. The van der Waals surface area contributed by atoms with Crippen LogP contribution in [0.1, 0.15) is 41.2 Å². The van der Waals surface area contributed by atoms with E-state index in [9.17, 15) is 4.79 Å². The summed E-state index contributed by atoms with van der Waals surface area (Å²) in [5.74, 6) is 0.160. The van der Waals surface area contributed by atoms with E-state index in [-0.39, 0.29) is 11.6 Å². The second-order valence-electron chi connectivity index (χ2n) is 5.82. The van der Waals surface area contributed by atoms with Crippen LogP contribution < -0.4 is 11.1 Å². The molecule has 1 fully saturated rings. The van der Waals surface area contributed by atoms with E-state index in [1.807, 2.05) is 0 Å².